The van der Waals surface area contributed by atoms with E-state index in [1.807, 2.05) is 13.8 Å². The highest BCUT2D eigenvalue weighted by molar-refractivity contribution is 8.00. The van der Waals surface area contributed by atoms with Gasteiger partial charge in [-0.25, -0.2) is 4.98 Å². The number of nitrogens with one attached hydrogen (secondary N) is 1. The molecular weight excluding hydrogens is 382 g/mol. The van der Waals surface area contributed by atoms with Crippen molar-refractivity contribution >= 4 is 39.2 Å². The van der Waals surface area contributed by atoms with E-state index in [0.29, 0.717) is 34.2 Å². The van der Waals surface area contributed by atoms with Gasteiger partial charge in [0.2, 0.25) is 5.91 Å². The lowest BCUT2D eigenvalue weighted by atomic mass is 10.2. The lowest BCUT2D eigenvalue weighted by molar-refractivity contribution is -0.120. The van der Waals surface area contributed by atoms with Crippen LogP contribution in [0.5, 0.6) is 0 Å². The molecule has 0 saturated heterocycles. The van der Waals surface area contributed by atoms with Crippen LogP contribution in [0.15, 0.2) is 45.4 Å². The van der Waals surface area contributed by atoms with Crippen LogP contribution in [-0.4, -0.2) is 20.7 Å². The Labute approximate surface area is 165 Å². The summed E-state index contributed by atoms with van der Waals surface area (Å²) < 4.78 is 6.80. The maximum atomic E-state index is 13.0. The second-order valence-electron chi connectivity index (χ2n) is 6.12. The molecule has 0 radical (unpaired) electrons. The van der Waals surface area contributed by atoms with Crippen molar-refractivity contribution in [3.8, 4) is 0 Å². The van der Waals surface area contributed by atoms with Gasteiger partial charge < -0.3 is 9.73 Å². The van der Waals surface area contributed by atoms with Crippen LogP contribution in [0.1, 0.15) is 23.1 Å². The van der Waals surface area contributed by atoms with Crippen LogP contribution in [0.2, 0.25) is 0 Å². The first kappa shape index (κ1) is 19.4. The molecule has 0 aromatic carbocycles. The molecule has 0 aliphatic heterocycles. The molecule has 27 heavy (non-hydrogen) atoms. The first-order valence-corrected chi connectivity index (χ1v) is 10.2. The number of thioether (sulfide) groups is 1. The summed E-state index contributed by atoms with van der Waals surface area (Å²) in [6.45, 7) is 10.1. The number of carbonyl (C=O) groups is 1. The van der Waals surface area contributed by atoms with Crippen LogP contribution in [-0.2, 0) is 17.9 Å². The van der Waals surface area contributed by atoms with Crippen LogP contribution >= 0.6 is 23.1 Å². The highest BCUT2D eigenvalue weighted by Gasteiger charge is 2.21. The number of carbonyl (C=O) groups excluding carboxylic acids is 1. The van der Waals surface area contributed by atoms with Gasteiger partial charge in [-0.1, -0.05) is 17.8 Å². The molecule has 3 aromatic heterocycles. The first-order valence-electron chi connectivity index (χ1n) is 8.50. The zero-order valence-corrected chi connectivity index (χ0v) is 17.1. The third-order valence-electron chi connectivity index (χ3n) is 4.23. The van der Waals surface area contributed by atoms with Crippen LogP contribution in [0.25, 0.3) is 10.2 Å². The van der Waals surface area contributed by atoms with Gasteiger partial charge in [-0.2, -0.15) is 0 Å². The Morgan fingerprint density at radius 1 is 1.52 bits per heavy atom. The van der Waals surface area contributed by atoms with Crippen molar-refractivity contribution in [3.63, 3.8) is 0 Å². The monoisotopic (exact) mass is 403 g/mol. The van der Waals surface area contributed by atoms with E-state index in [0.717, 1.165) is 10.4 Å². The maximum Gasteiger partial charge on any atom is 0.263 e. The number of fused-ring (bicyclic) bond motifs is 1. The number of aryl methyl sites for hydroxylation is 2. The Hall–Kier alpha value is -2.32. The fourth-order valence-electron chi connectivity index (χ4n) is 2.63. The third kappa shape index (κ3) is 4.01. The van der Waals surface area contributed by atoms with E-state index in [1.54, 1.807) is 36.0 Å². The van der Waals surface area contributed by atoms with Gasteiger partial charge in [0, 0.05) is 11.4 Å². The number of aromatic nitrogens is 2. The summed E-state index contributed by atoms with van der Waals surface area (Å²) in [5.74, 6) is 0.544. The zero-order valence-electron chi connectivity index (χ0n) is 15.4. The number of thiophene rings is 1. The van der Waals surface area contributed by atoms with Crippen LogP contribution < -0.4 is 10.9 Å². The molecule has 3 heterocycles. The molecule has 0 unspecified atom stereocenters. The minimum atomic E-state index is -0.414. The number of hydrogen-bond acceptors (Lipinski definition) is 6. The lowest BCUT2D eigenvalue weighted by Gasteiger charge is -2.14. The summed E-state index contributed by atoms with van der Waals surface area (Å²) in [5.41, 5.74) is 0.874. The summed E-state index contributed by atoms with van der Waals surface area (Å²) in [6.07, 6.45) is 3.23. The van der Waals surface area contributed by atoms with Crippen LogP contribution in [0.3, 0.4) is 0 Å². The molecule has 1 atom stereocenters. The number of amides is 1. The molecule has 3 aromatic rings. The average molecular weight is 404 g/mol. The highest BCUT2D eigenvalue weighted by atomic mass is 32.2. The Morgan fingerprint density at radius 3 is 2.96 bits per heavy atom. The molecular formula is C19H21N3O3S2. The van der Waals surface area contributed by atoms with Gasteiger partial charge in [-0.15, -0.1) is 17.9 Å². The van der Waals surface area contributed by atoms with Gasteiger partial charge in [0.05, 0.1) is 23.4 Å². The van der Waals surface area contributed by atoms with Crippen molar-refractivity contribution in [3.05, 3.63) is 57.6 Å². The Morgan fingerprint density at radius 2 is 2.30 bits per heavy atom. The van der Waals surface area contributed by atoms with E-state index in [4.69, 9.17) is 4.42 Å². The normalized spacial score (nSPS) is 12.3. The van der Waals surface area contributed by atoms with E-state index >= 15 is 0 Å². The van der Waals surface area contributed by atoms with Gasteiger partial charge >= 0.3 is 0 Å². The summed E-state index contributed by atoms with van der Waals surface area (Å²) in [7, 11) is 0. The Balaban J connectivity index is 1.86. The average Bonchev–Trinajstić information content (AvgIpc) is 3.24. The first-order chi connectivity index (χ1) is 12.9. The molecule has 0 fully saturated rings. The molecule has 6 nitrogen and oxygen atoms in total. The lowest BCUT2D eigenvalue weighted by Crippen LogP contribution is -2.31. The Bertz CT molecular complexity index is 1030. The van der Waals surface area contributed by atoms with E-state index in [-0.39, 0.29) is 11.5 Å². The van der Waals surface area contributed by atoms with Crippen LogP contribution in [0, 0.1) is 13.8 Å². The molecule has 8 heteroatoms. The molecule has 1 amide bonds. The smallest absolute Gasteiger partial charge is 0.263 e. The third-order valence-corrected chi connectivity index (χ3v) is 6.43. The van der Waals surface area contributed by atoms with Crippen molar-refractivity contribution in [1.29, 1.82) is 0 Å². The quantitative estimate of drug-likeness (QED) is 0.370. The summed E-state index contributed by atoms with van der Waals surface area (Å²) >= 11 is 2.77. The number of rotatable bonds is 7. The number of allylic oxidation sites excluding steroid dienone is 1. The summed E-state index contributed by atoms with van der Waals surface area (Å²) in [6, 6.07) is 3.58. The Kier molecular flexibility index (Phi) is 5.86. The standard InChI is InChI=1S/C19H21N3O3S2/c1-5-8-22-18(24)15-11(2)12(3)26-17(15)21-19(22)27-13(4)16(23)20-10-14-7-6-9-25-14/h5-7,9,13H,1,8,10H2,2-4H3,(H,20,23)/t13-/m0/s1. The van der Waals surface area contributed by atoms with E-state index < -0.39 is 5.25 Å². The molecule has 1 N–H and O–H groups in total. The van der Waals surface area contributed by atoms with Gasteiger partial charge in [0.1, 0.15) is 10.6 Å². The SMILES string of the molecule is C=CCn1c(S[C@@H](C)C(=O)NCc2ccco2)nc2sc(C)c(C)c2c1=O. The predicted molar refractivity (Wildman–Crippen MR) is 109 cm³/mol. The van der Waals surface area contributed by atoms with Crippen LogP contribution in [0.4, 0.5) is 0 Å². The number of nitrogens with zero attached hydrogens (tertiary/aromatic N) is 2. The van der Waals surface area contributed by atoms with Crippen molar-refractivity contribution in [2.24, 2.45) is 0 Å². The molecule has 0 saturated carbocycles. The summed E-state index contributed by atoms with van der Waals surface area (Å²) in [5, 5.41) is 3.59. The van der Waals surface area contributed by atoms with Gasteiger partial charge in [0.15, 0.2) is 5.16 Å². The molecule has 0 aliphatic rings. The van der Waals surface area contributed by atoms with E-state index in [2.05, 4.69) is 16.9 Å². The van der Waals surface area contributed by atoms with Gasteiger partial charge in [-0.05, 0) is 38.5 Å². The molecule has 0 aliphatic carbocycles. The largest absolute Gasteiger partial charge is 0.467 e. The van der Waals surface area contributed by atoms with Crippen molar-refractivity contribution < 1.29 is 9.21 Å². The highest BCUT2D eigenvalue weighted by Crippen LogP contribution is 2.29. The number of furan rings is 1. The predicted octanol–water partition coefficient (Wildman–Crippen LogP) is 3.65. The minimum absolute atomic E-state index is 0.0903. The maximum absolute atomic E-state index is 13.0. The fraction of sp³-hybridized carbons (Fsp3) is 0.316. The minimum Gasteiger partial charge on any atom is -0.467 e. The molecule has 3 rings (SSSR count). The second kappa shape index (κ2) is 8.14. The molecule has 142 valence electrons. The van der Waals surface area contributed by atoms with E-state index in [1.165, 1.54) is 23.1 Å². The van der Waals surface area contributed by atoms with Crippen molar-refractivity contribution in [1.82, 2.24) is 14.9 Å². The van der Waals surface area contributed by atoms with E-state index in [9.17, 15) is 9.59 Å². The number of hydrogen-bond donors (Lipinski definition) is 1. The molecule has 0 bridgehead atoms. The zero-order chi connectivity index (χ0) is 19.6. The molecule has 0 spiro atoms. The topological polar surface area (TPSA) is 77.1 Å². The van der Waals surface area contributed by atoms with Crippen molar-refractivity contribution in [2.75, 3.05) is 0 Å². The second-order valence-corrected chi connectivity index (χ2v) is 8.63. The van der Waals surface area contributed by atoms with Gasteiger partial charge in [-0.3, -0.25) is 14.2 Å². The fourth-order valence-corrected chi connectivity index (χ4v) is 4.64. The van der Waals surface area contributed by atoms with Crippen molar-refractivity contribution in [2.45, 2.75) is 44.3 Å². The summed E-state index contributed by atoms with van der Waals surface area (Å²) in [4.78, 5) is 31.8. The van der Waals surface area contributed by atoms with Gasteiger partial charge in [0.25, 0.3) is 5.56 Å².